The van der Waals surface area contributed by atoms with Crippen LogP contribution in [0.2, 0.25) is 0 Å². The van der Waals surface area contributed by atoms with Gasteiger partial charge in [0.15, 0.2) is 0 Å². The lowest BCUT2D eigenvalue weighted by molar-refractivity contribution is -0.104. The van der Waals surface area contributed by atoms with Crippen LogP contribution in [-0.2, 0) is 4.74 Å². The SMILES string of the molecule is COC1CCCCC1(CN)N1CC(C)N(C)C(C)C1. The van der Waals surface area contributed by atoms with Crippen LogP contribution in [0.3, 0.4) is 0 Å². The van der Waals surface area contributed by atoms with Crippen LogP contribution in [0.5, 0.6) is 0 Å². The third-order valence-corrected chi connectivity index (χ3v) is 5.55. The monoisotopic (exact) mass is 269 g/mol. The van der Waals surface area contributed by atoms with Gasteiger partial charge in [0.1, 0.15) is 0 Å². The predicted octanol–water partition coefficient (Wildman–Crippen LogP) is 1.30. The van der Waals surface area contributed by atoms with E-state index in [2.05, 4.69) is 30.7 Å². The molecule has 19 heavy (non-hydrogen) atoms. The summed E-state index contributed by atoms with van der Waals surface area (Å²) in [5.41, 5.74) is 6.29. The molecule has 0 aromatic rings. The molecular formula is C15H31N3O. The van der Waals surface area contributed by atoms with E-state index < -0.39 is 0 Å². The number of ether oxygens (including phenoxy) is 1. The maximum absolute atomic E-state index is 6.23. The highest BCUT2D eigenvalue weighted by Crippen LogP contribution is 2.36. The van der Waals surface area contributed by atoms with Gasteiger partial charge in [-0.2, -0.15) is 0 Å². The smallest absolute Gasteiger partial charge is 0.0767 e. The highest BCUT2D eigenvalue weighted by atomic mass is 16.5. The zero-order chi connectivity index (χ0) is 14.0. The zero-order valence-corrected chi connectivity index (χ0v) is 13.1. The summed E-state index contributed by atoms with van der Waals surface area (Å²) in [7, 11) is 4.08. The van der Waals surface area contributed by atoms with E-state index in [0.717, 1.165) is 19.5 Å². The molecule has 1 saturated heterocycles. The third-order valence-electron chi connectivity index (χ3n) is 5.55. The van der Waals surface area contributed by atoms with Crippen molar-refractivity contribution in [2.75, 3.05) is 33.8 Å². The van der Waals surface area contributed by atoms with Crippen LogP contribution < -0.4 is 5.73 Å². The summed E-state index contributed by atoms with van der Waals surface area (Å²) in [6, 6.07) is 1.18. The molecule has 0 aromatic heterocycles. The number of piperazine rings is 1. The molecular weight excluding hydrogens is 238 g/mol. The predicted molar refractivity (Wildman–Crippen MR) is 79.3 cm³/mol. The minimum Gasteiger partial charge on any atom is -0.379 e. The molecule has 4 unspecified atom stereocenters. The molecule has 2 aliphatic rings. The van der Waals surface area contributed by atoms with Crippen molar-refractivity contribution < 1.29 is 4.74 Å². The van der Waals surface area contributed by atoms with Gasteiger partial charge in [0.05, 0.1) is 11.6 Å². The van der Waals surface area contributed by atoms with Gasteiger partial charge < -0.3 is 10.5 Å². The van der Waals surface area contributed by atoms with Crippen LogP contribution >= 0.6 is 0 Å². The topological polar surface area (TPSA) is 41.7 Å². The van der Waals surface area contributed by atoms with Crippen LogP contribution in [0.1, 0.15) is 39.5 Å². The van der Waals surface area contributed by atoms with Crippen molar-refractivity contribution in [3.63, 3.8) is 0 Å². The van der Waals surface area contributed by atoms with Gasteiger partial charge in [0, 0.05) is 38.8 Å². The highest BCUT2D eigenvalue weighted by Gasteiger charge is 2.47. The van der Waals surface area contributed by atoms with Crippen LogP contribution in [0.25, 0.3) is 0 Å². The van der Waals surface area contributed by atoms with Crippen molar-refractivity contribution in [3.05, 3.63) is 0 Å². The Balaban J connectivity index is 2.20. The number of hydrogen-bond acceptors (Lipinski definition) is 4. The minimum absolute atomic E-state index is 0.0663. The largest absolute Gasteiger partial charge is 0.379 e. The molecule has 4 atom stereocenters. The van der Waals surface area contributed by atoms with Crippen molar-refractivity contribution in [2.24, 2.45) is 5.73 Å². The Morgan fingerprint density at radius 2 is 1.84 bits per heavy atom. The van der Waals surface area contributed by atoms with Crippen molar-refractivity contribution in [3.8, 4) is 0 Å². The van der Waals surface area contributed by atoms with E-state index >= 15 is 0 Å². The Morgan fingerprint density at radius 3 is 2.37 bits per heavy atom. The second-order valence-electron chi connectivity index (χ2n) is 6.55. The Kier molecular flexibility index (Phi) is 4.88. The first kappa shape index (κ1) is 15.2. The van der Waals surface area contributed by atoms with Gasteiger partial charge in [0.2, 0.25) is 0 Å². The van der Waals surface area contributed by atoms with Gasteiger partial charge in [0.25, 0.3) is 0 Å². The second kappa shape index (κ2) is 6.08. The molecule has 4 heteroatoms. The zero-order valence-electron chi connectivity index (χ0n) is 13.1. The fourth-order valence-corrected chi connectivity index (χ4v) is 4.02. The quantitative estimate of drug-likeness (QED) is 0.838. The molecule has 2 fully saturated rings. The van der Waals surface area contributed by atoms with Gasteiger partial charge in [-0.3, -0.25) is 9.80 Å². The first-order valence-corrected chi connectivity index (χ1v) is 7.75. The molecule has 0 amide bonds. The molecule has 1 aliphatic carbocycles. The number of rotatable bonds is 3. The van der Waals surface area contributed by atoms with E-state index in [1.807, 2.05) is 7.11 Å². The maximum Gasteiger partial charge on any atom is 0.0767 e. The number of methoxy groups -OCH3 is 1. The fraction of sp³-hybridized carbons (Fsp3) is 1.00. The van der Waals surface area contributed by atoms with E-state index in [1.165, 1.54) is 19.3 Å². The molecule has 0 bridgehead atoms. The summed E-state index contributed by atoms with van der Waals surface area (Å²) in [6.45, 7) is 7.57. The molecule has 0 radical (unpaired) electrons. The minimum atomic E-state index is 0.0663. The van der Waals surface area contributed by atoms with Crippen molar-refractivity contribution in [2.45, 2.75) is 63.3 Å². The Labute approximate surface area is 118 Å². The maximum atomic E-state index is 6.23. The number of hydrogen-bond donors (Lipinski definition) is 1. The van der Waals surface area contributed by atoms with Crippen LogP contribution in [0.15, 0.2) is 0 Å². The summed E-state index contributed by atoms with van der Waals surface area (Å²) in [5, 5.41) is 0. The molecule has 4 nitrogen and oxygen atoms in total. The standard InChI is InChI=1S/C15H31N3O/c1-12-9-18(10-13(2)17(12)3)15(11-16)8-6-5-7-14(15)19-4/h12-14H,5-11,16H2,1-4H3. The number of nitrogens with two attached hydrogens (primary N) is 1. The molecule has 2 N–H and O–H groups in total. The van der Waals surface area contributed by atoms with Crippen LogP contribution in [-0.4, -0.2) is 67.3 Å². The average molecular weight is 269 g/mol. The van der Waals surface area contributed by atoms with E-state index in [0.29, 0.717) is 24.7 Å². The van der Waals surface area contributed by atoms with Gasteiger partial charge >= 0.3 is 0 Å². The van der Waals surface area contributed by atoms with Gasteiger partial charge in [-0.25, -0.2) is 0 Å². The van der Waals surface area contributed by atoms with E-state index in [-0.39, 0.29) is 5.54 Å². The molecule has 1 aliphatic heterocycles. The van der Waals surface area contributed by atoms with Crippen molar-refractivity contribution in [1.29, 1.82) is 0 Å². The van der Waals surface area contributed by atoms with Gasteiger partial charge in [-0.15, -0.1) is 0 Å². The van der Waals surface area contributed by atoms with Gasteiger partial charge in [-0.1, -0.05) is 12.8 Å². The number of likely N-dealkylation sites (N-methyl/N-ethyl adjacent to an activating group) is 1. The Morgan fingerprint density at radius 1 is 1.21 bits per heavy atom. The average Bonchev–Trinajstić information content (AvgIpc) is 2.43. The van der Waals surface area contributed by atoms with E-state index in [4.69, 9.17) is 10.5 Å². The lowest BCUT2D eigenvalue weighted by atomic mass is 9.76. The summed E-state index contributed by atoms with van der Waals surface area (Å²) >= 11 is 0. The highest BCUT2D eigenvalue weighted by molar-refractivity contribution is 5.04. The summed E-state index contributed by atoms with van der Waals surface area (Å²) in [5.74, 6) is 0. The van der Waals surface area contributed by atoms with Crippen molar-refractivity contribution >= 4 is 0 Å². The van der Waals surface area contributed by atoms with E-state index in [1.54, 1.807) is 0 Å². The van der Waals surface area contributed by atoms with Crippen LogP contribution in [0, 0.1) is 0 Å². The lowest BCUT2D eigenvalue weighted by Crippen LogP contribution is -2.69. The number of nitrogens with zero attached hydrogens (tertiary/aromatic N) is 2. The Bertz CT molecular complexity index is 287. The summed E-state index contributed by atoms with van der Waals surface area (Å²) < 4.78 is 5.81. The lowest BCUT2D eigenvalue weighted by Gasteiger charge is -2.55. The molecule has 1 saturated carbocycles. The first-order valence-electron chi connectivity index (χ1n) is 7.75. The van der Waals surface area contributed by atoms with Crippen molar-refractivity contribution in [1.82, 2.24) is 9.80 Å². The molecule has 0 spiro atoms. The first-order chi connectivity index (χ1) is 9.05. The van der Waals surface area contributed by atoms with Gasteiger partial charge in [-0.05, 0) is 33.7 Å². The summed E-state index contributed by atoms with van der Waals surface area (Å²) in [6.07, 6.45) is 5.20. The molecule has 112 valence electrons. The molecule has 1 heterocycles. The third kappa shape index (κ3) is 2.68. The fourth-order valence-electron chi connectivity index (χ4n) is 4.02. The Hall–Kier alpha value is -0.160. The van der Waals surface area contributed by atoms with Crippen LogP contribution in [0.4, 0.5) is 0 Å². The summed E-state index contributed by atoms with van der Waals surface area (Å²) in [4.78, 5) is 5.11. The van der Waals surface area contributed by atoms with E-state index in [9.17, 15) is 0 Å². The molecule has 2 rings (SSSR count). The normalized spacial score (nSPS) is 42.5. The molecule has 0 aromatic carbocycles. The second-order valence-corrected chi connectivity index (χ2v) is 6.55.